The Labute approximate surface area is 168 Å². The molecule has 0 aliphatic rings. The molecule has 0 radical (unpaired) electrons. The van der Waals surface area contributed by atoms with Crippen LogP contribution in [0, 0.1) is 10.1 Å². The van der Waals surface area contributed by atoms with Crippen molar-refractivity contribution in [3.05, 3.63) is 64.2 Å². The fraction of sp³-hybridized carbons (Fsp3) is 0.111. The maximum Gasteiger partial charge on any atom is 0.411 e. The van der Waals surface area contributed by atoms with Crippen LogP contribution in [-0.2, 0) is 4.74 Å². The smallest absolute Gasteiger partial charge is 0.411 e. The molecule has 0 unspecified atom stereocenters. The molecule has 0 saturated carbocycles. The van der Waals surface area contributed by atoms with Gasteiger partial charge in [-0.25, -0.2) is 4.79 Å². The van der Waals surface area contributed by atoms with Crippen molar-refractivity contribution in [2.75, 3.05) is 17.2 Å². The van der Waals surface area contributed by atoms with Crippen LogP contribution in [0.2, 0.25) is 0 Å². The number of carbonyl (C=O) groups is 2. The van der Waals surface area contributed by atoms with Crippen molar-refractivity contribution >= 4 is 39.8 Å². The van der Waals surface area contributed by atoms with E-state index >= 15 is 0 Å². The maximum atomic E-state index is 12.6. The average Bonchev–Trinajstić information content (AvgIpc) is 3.17. The van der Waals surface area contributed by atoms with E-state index in [4.69, 9.17) is 4.74 Å². The zero-order valence-electron chi connectivity index (χ0n) is 15.1. The summed E-state index contributed by atoms with van der Waals surface area (Å²) in [6.45, 7) is 1.88. The van der Waals surface area contributed by atoms with E-state index < -0.39 is 16.9 Å². The highest BCUT2D eigenvalue weighted by atomic mass is 32.1. The molecule has 0 spiro atoms. The highest BCUT2D eigenvalue weighted by molar-refractivity contribution is 7.18. The van der Waals surface area contributed by atoms with Crippen molar-refractivity contribution in [2.24, 2.45) is 0 Å². The number of aromatic nitrogens is 2. The maximum absolute atomic E-state index is 12.6. The van der Waals surface area contributed by atoms with Crippen molar-refractivity contribution in [2.45, 2.75) is 6.92 Å². The first-order valence-corrected chi connectivity index (χ1v) is 9.22. The van der Waals surface area contributed by atoms with Gasteiger partial charge in [0.05, 0.1) is 22.8 Å². The molecule has 148 valence electrons. The third-order valence-corrected chi connectivity index (χ3v) is 4.54. The van der Waals surface area contributed by atoms with Crippen molar-refractivity contribution < 1.29 is 19.2 Å². The lowest BCUT2D eigenvalue weighted by molar-refractivity contribution is -0.384. The number of nitro benzene ring substituents is 1. The zero-order chi connectivity index (χ0) is 20.8. The van der Waals surface area contributed by atoms with Crippen molar-refractivity contribution in [3.8, 4) is 10.6 Å². The second-order valence-corrected chi connectivity index (χ2v) is 6.54. The third-order valence-electron chi connectivity index (χ3n) is 3.65. The highest BCUT2D eigenvalue weighted by Gasteiger charge is 2.16. The van der Waals surface area contributed by atoms with Gasteiger partial charge >= 0.3 is 6.09 Å². The summed E-state index contributed by atoms with van der Waals surface area (Å²) in [6, 6.07) is 12.3. The summed E-state index contributed by atoms with van der Waals surface area (Å²) in [6.07, 6.45) is -0.663. The van der Waals surface area contributed by atoms with Crippen LogP contribution in [0.15, 0.2) is 48.5 Å². The number of benzene rings is 2. The summed E-state index contributed by atoms with van der Waals surface area (Å²) >= 11 is 1.12. The predicted octanol–water partition coefficient (Wildman–Crippen LogP) is 3.93. The quantitative estimate of drug-likeness (QED) is 0.461. The first kappa shape index (κ1) is 19.9. The lowest BCUT2D eigenvalue weighted by Gasteiger charge is -2.10. The monoisotopic (exact) mass is 413 g/mol. The first-order chi connectivity index (χ1) is 14.0. The molecule has 1 heterocycles. The predicted molar refractivity (Wildman–Crippen MR) is 107 cm³/mol. The van der Waals surface area contributed by atoms with E-state index in [0.717, 1.165) is 11.3 Å². The highest BCUT2D eigenvalue weighted by Crippen LogP contribution is 2.28. The number of hydrogen-bond donors (Lipinski definition) is 2. The number of ether oxygens (including phenoxy) is 1. The van der Waals surface area contributed by atoms with Crippen LogP contribution in [0.25, 0.3) is 10.6 Å². The minimum Gasteiger partial charge on any atom is -0.450 e. The summed E-state index contributed by atoms with van der Waals surface area (Å²) in [5.74, 6) is -0.483. The van der Waals surface area contributed by atoms with E-state index in [-0.39, 0.29) is 23.0 Å². The Balaban J connectivity index is 1.74. The summed E-state index contributed by atoms with van der Waals surface area (Å²) in [5.41, 5.74) is 1.13. The number of non-ortho nitro benzene ring substituents is 1. The lowest BCUT2D eigenvalue weighted by atomic mass is 10.1. The van der Waals surface area contributed by atoms with E-state index in [0.29, 0.717) is 16.3 Å². The van der Waals surface area contributed by atoms with Crippen molar-refractivity contribution in [3.63, 3.8) is 0 Å². The summed E-state index contributed by atoms with van der Waals surface area (Å²) in [4.78, 5) is 34.5. The molecule has 0 aliphatic carbocycles. The summed E-state index contributed by atoms with van der Waals surface area (Å²) in [7, 11) is 0. The molecule has 0 atom stereocenters. The van der Waals surface area contributed by atoms with Gasteiger partial charge < -0.3 is 4.74 Å². The fourth-order valence-corrected chi connectivity index (χ4v) is 3.09. The molecule has 0 bridgehead atoms. The number of amides is 2. The van der Waals surface area contributed by atoms with Crippen LogP contribution in [0.3, 0.4) is 0 Å². The van der Waals surface area contributed by atoms with Crippen LogP contribution >= 0.6 is 11.3 Å². The van der Waals surface area contributed by atoms with E-state index in [9.17, 15) is 19.7 Å². The normalized spacial score (nSPS) is 10.2. The third kappa shape index (κ3) is 4.90. The molecule has 2 aromatic carbocycles. The number of anilines is 2. The summed E-state index contributed by atoms with van der Waals surface area (Å²) < 4.78 is 4.83. The number of para-hydroxylation sites is 1. The van der Waals surface area contributed by atoms with E-state index in [1.54, 1.807) is 43.3 Å². The van der Waals surface area contributed by atoms with Gasteiger partial charge in [-0.1, -0.05) is 23.5 Å². The molecule has 0 fully saturated rings. The first-order valence-electron chi connectivity index (χ1n) is 8.40. The van der Waals surface area contributed by atoms with Crippen LogP contribution in [0.1, 0.15) is 17.3 Å². The minimum absolute atomic E-state index is 0.0301. The van der Waals surface area contributed by atoms with Gasteiger partial charge in [0.25, 0.3) is 11.6 Å². The zero-order valence-corrected chi connectivity index (χ0v) is 15.9. The van der Waals surface area contributed by atoms with Crippen LogP contribution in [-0.4, -0.2) is 33.7 Å². The molecular formula is C18H15N5O5S. The Morgan fingerprint density at radius 3 is 2.52 bits per heavy atom. The van der Waals surface area contributed by atoms with E-state index in [2.05, 4.69) is 20.8 Å². The molecule has 10 nitrogen and oxygen atoms in total. The Bertz CT molecular complexity index is 1050. The Hall–Kier alpha value is -3.86. The van der Waals surface area contributed by atoms with Crippen LogP contribution in [0.5, 0.6) is 0 Å². The molecule has 0 saturated heterocycles. The molecule has 2 N–H and O–H groups in total. The van der Waals surface area contributed by atoms with Crippen LogP contribution < -0.4 is 10.6 Å². The number of hydrogen-bond acceptors (Lipinski definition) is 8. The van der Waals surface area contributed by atoms with Crippen molar-refractivity contribution in [1.29, 1.82) is 0 Å². The SMILES string of the molecule is CCOC(=O)Nc1ccccc1C(=O)Nc1nnc(-c2ccc([N+](=O)[O-])cc2)s1. The second kappa shape index (κ2) is 8.89. The number of nitrogens with zero attached hydrogens (tertiary/aromatic N) is 3. The van der Waals surface area contributed by atoms with Crippen molar-refractivity contribution in [1.82, 2.24) is 10.2 Å². The number of nitrogens with one attached hydrogen (secondary N) is 2. The molecule has 3 rings (SSSR count). The molecule has 2 amide bonds. The second-order valence-electron chi connectivity index (χ2n) is 5.56. The van der Waals surface area contributed by atoms with Gasteiger partial charge in [0, 0.05) is 17.7 Å². The summed E-state index contributed by atoms with van der Waals surface area (Å²) in [5, 5.41) is 24.5. The average molecular weight is 413 g/mol. The van der Waals surface area contributed by atoms with Gasteiger partial charge in [-0.05, 0) is 31.2 Å². The minimum atomic E-state index is -0.663. The number of nitro groups is 1. The van der Waals surface area contributed by atoms with Gasteiger partial charge in [0.1, 0.15) is 5.01 Å². The van der Waals surface area contributed by atoms with Gasteiger partial charge in [0.15, 0.2) is 0 Å². The molecule has 29 heavy (non-hydrogen) atoms. The largest absolute Gasteiger partial charge is 0.450 e. The molecule has 1 aromatic heterocycles. The van der Waals surface area contributed by atoms with E-state index in [1.165, 1.54) is 12.1 Å². The molecule has 0 aliphatic heterocycles. The van der Waals surface area contributed by atoms with Gasteiger partial charge in [-0.2, -0.15) is 0 Å². The van der Waals surface area contributed by atoms with Gasteiger partial charge in [0.2, 0.25) is 5.13 Å². The van der Waals surface area contributed by atoms with Gasteiger partial charge in [-0.3, -0.25) is 25.5 Å². The van der Waals surface area contributed by atoms with Crippen LogP contribution in [0.4, 0.5) is 21.3 Å². The van der Waals surface area contributed by atoms with Gasteiger partial charge in [-0.15, -0.1) is 10.2 Å². The molecular weight excluding hydrogens is 398 g/mol. The molecule has 11 heteroatoms. The standard InChI is InChI=1S/C18H15N5O5S/c1-2-28-18(25)19-14-6-4-3-5-13(14)15(24)20-17-22-21-16(29-17)11-7-9-12(10-8-11)23(26)27/h3-10H,2H2,1H3,(H,19,25)(H,20,22,24). The topological polar surface area (TPSA) is 136 Å². The van der Waals surface area contributed by atoms with E-state index in [1.807, 2.05) is 0 Å². The fourth-order valence-electron chi connectivity index (χ4n) is 2.35. The number of rotatable bonds is 6. The molecule has 3 aromatic rings. The number of carbonyl (C=O) groups excluding carboxylic acids is 2. The Morgan fingerprint density at radius 1 is 1.10 bits per heavy atom. The Kier molecular flexibility index (Phi) is 6.09. The Morgan fingerprint density at radius 2 is 1.83 bits per heavy atom. The lowest BCUT2D eigenvalue weighted by Crippen LogP contribution is -2.18.